The highest BCUT2D eigenvalue weighted by molar-refractivity contribution is 5.68. The van der Waals surface area contributed by atoms with Crippen molar-refractivity contribution in [3.63, 3.8) is 0 Å². The molecular weight excluding hydrogens is 158 g/mol. The van der Waals surface area contributed by atoms with E-state index in [1.807, 2.05) is 6.92 Å². The zero-order chi connectivity index (χ0) is 9.40. The van der Waals surface area contributed by atoms with E-state index < -0.39 is 5.97 Å². The molecule has 0 amide bonds. The summed E-state index contributed by atoms with van der Waals surface area (Å²) in [5.74, 6) is -0.783. The molecule has 0 heterocycles. The van der Waals surface area contributed by atoms with Crippen molar-refractivity contribution >= 4 is 5.97 Å². The molecule has 0 rings (SSSR count). The van der Waals surface area contributed by atoms with Crippen molar-refractivity contribution in [3.8, 4) is 0 Å². The lowest BCUT2D eigenvalue weighted by Gasteiger charge is -2.12. The Morgan fingerprint density at radius 3 is 2.75 bits per heavy atom. The lowest BCUT2D eigenvalue weighted by atomic mass is 10.4. The quantitative estimate of drug-likeness (QED) is 0.570. The van der Waals surface area contributed by atoms with E-state index in [0.717, 1.165) is 19.6 Å². The van der Waals surface area contributed by atoms with Crippen molar-refractivity contribution in [1.82, 2.24) is 4.90 Å². The van der Waals surface area contributed by atoms with E-state index in [9.17, 15) is 4.79 Å². The maximum absolute atomic E-state index is 10.2. The summed E-state index contributed by atoms with van der Waals surface area (Å²) < 4.78 is 5.11. The van der Waals surface area contributed by atoms with Crippen molar-refractivity contribution in [2.45, 2.75) is 13.3 Å². The van der Waals surface area contributed by atoms with Gasteiger partial charge in [-0.2, -0.15) is 0 Å². The summed E-state index contributed by atoms with van der Waals surface area (Å²) in [6.45, 7) is 4.25. The number of hydrogen-bond acceptors (Lipinski definition) is 3. The van der Waals surface area contributed by atoms with Gasteiger partial charge in [-0.25, -0.2) is 0 Å². The average Bonchev–Trinajstić information content (AvgIpc) is 1.97. The van der Waals surface area contributed by atoms with Crippen molar-refractivity contribution in [3.05, 3.63) is 0 Å². The second kappa shape index (κ2) is 7.06. The normalized spacial score (nSPS) is 10.6. The number of carbonyl (C=O) groups is 1. The molecule has 0 aromatic rings. The first-order valence-corrected chi connectivity index (χ1v) is 4.15. The maximum atomic E-state index is 10.2. The van der Waals surface area contributed by atoms with Gasteiger partial charge in [0.05, 0.1) is 6.54 Å². The minimum Gasteiger partial charge on any atom is -0.480 e. The predicted molar refractivity (Wildman–Crippen MR) is 46.2 cm³/mol. The fourth-order valence-corrected chi connectivity index (χ4v) is 0.891. The number of likely N-dealkylation sites (N-methyl/N-ethyl adjacent to an activating group) is 1. The molecule has 12 heavy (non-hydrogen) atoms. The molecule has 4 nitrogen and oxygen atoms in total. The third-order valence-electron chi connectivity index (χ3n) is 1.44. The van der Waals surface area contributed by atoms with Gasteiger partial charge in [-0.15, -0.1) is 0 Å². The Morgan fingerprint density at radius 1 is 1.58 bits per heavy atom. The molecule has 0 bridgehead atoms. The molecule has 0 fully saturated rings. The van der Waals surface area contributed by atoms with Crippen molar-refractivity contribution < 1.29 is 14.6 Å². The average molecular weight is 175 g/mol. The van der Waals surface area contributed by atoms with Crippen molar-refractivity contribution in [1.29, 1.82) is 0 Å². The molecule has 0 saturated carbocycles. The molecule has 72 valence electrons. The van der Waals surface area contributed by atoms with Crippen LogP contribution in [0.1, 0.15) is 13.3 Å². The Balaban J connectivity index is 3.19. The van der Waals surface area contributed by atoms with E-state index >= 15 is 0 Å². The molecule has 1 N–H and O–H groups in total. The van der Waals surface area contributed by atoms with Crippen LogP contribution in [0, 0.1) is 0 Å². The first-order valence-electron chi connectivity index (χ1n) is 4.15. The Kier molecular flexibility index (Phi) is 6.70. The maximum Gasteiger partial charge on any atom is 0.317 e. The van der Waals surface area contributed by atoms with Crippen LogP contribution in [-0.4, -0.2) is 49.3 Å². The van der Waals surface area contributed by atoms with Crippen LogP contribution in [0.5, 0.6) is 0 Å². The van der Waals surface area contributed by atoms with Crippen LogP contribution in [0.3, 0.4) is 0 Å². The lowest BCUT2D eigenvalue weighted by molar-refractivity contribution is -0.138. The first kappa shape index (κ1) is 11.4. The van der Waals surface area contributed by atoms with E-state index in [1.54, 1.807) is 11.9 Å². The summed E-state index contributed by atoms with van der Waals surface area (Å²) in [5, 5.41) is 8.41. The first-order chi connectivity index (χ1) is 5.66. The standard InChI is InChI=1S/C8H17NO3/c1-3-12-6-4-5-9(2)7-8(10)11/h3-7H2,1-2H3,(H,10,11). The molecule has 0 aliphatic carbocycles. The highest BCUT2D eigenvalue weighted by Crippen LogP contribution is 1.88. The Morgan fingerprint density at radius 2 is 2.25 bits per heavy atom. The molecule has 0 saturated heterocycles. The summed E-state index contributed by atoms with van der Waals surface area (Å²) in [5.41, 5.74) is 0. The molecule has 0 aliphatic heterocycles. The van der Waals surface area contributed by atoms with E-state index in [1.165, 1.54) is 0 Å². The second-order valence-electron chi connectivity index (χ2n) is 2.68. The minimum absolute atomic E-state index is 0.103. The summed E-state index contributed by atoms with van der Waals surface area (Å²) in [7, 11) is 1.79. The Hall–Kier alpha value is -0.610. The summed E-state index contributed by atoms with van der Waals surface area (Å²) >= 11 is 0. The van der Waals surface area contributed by atoms with Crippen LogP contribution in [0.25, 0.3) is 0 Å². The highest BCUT2D eigenvalue weighted by atomic mass is 16.5. The molecule has 0 spiro atoms. The molecule has 0 aromatic heterocycles. The number of ether oxygens (including phenoxy) is 1. The van der Waals surface area contributed by atoms with E-state index in [-0.39, 0.29) is 6.54 Å². The van der Waals surface area contributed by atoms with Crippen molar-refractivity contribution in [2.75, 3.05) is 33.4 Å². The number of rotatable bonds is 7. The second-order valence-corrected chi connectivity index (χ2v) is 2.68. The molecule has 4 heteroatoms. The number of nitrogens with zero attached hydrogens (tertiary/aromatic N) is 1. The largest absolute Gasteiger partial charge is 0.480 e. The summed E-state index contributed by atoms with van der Waals surface area (Å²) in [4.78, 5) is 12.0. The van der Waals surface area contributed by atoms with Gasteiger partial charge in [0.25, 0.3) is 0 Å². The minimum atomic E-state index is -0.783. The van der Waals surface area contributed by atoms with Crippen LogP contribution in [0.15, 0.2) is 0 Å². The number of aliphatic carboxylic acids is 1. The fourth-order valence-electron chi connectivity index (χ4n) is 0.891. The zero-order valence-electron chi connectivity index (χ0n) is 7.75. The van der Waals surface area contributed by atoms with Gasteiger partial charge in [0.1, 0.15) is 0 Å². The van der Waals surface area contributed by atoms with Crippen LogP contribution in [-0.2, 0) is 9.53 Å². The lowest BCUT2D eigenvalue weighted by Crippen LogP contribution is -2.27. The highest BCUT2D eigenvalue weighted by Gasteiger charge is 2.02. The van der Waals surface area contributed by atoms with Crippen molar-refractivity contribution in [2.24, 2.45) is 0 Å². The smallest absolute Gasteiger partial charge is 0.317 e. The van der Waals surface area contributed by atoms with Crippen LogP contribution < -0.4 is 0 Å². The molecule has 0 unspecified atom stereocenters. The Labute approximate surface area is 73.1 Å². The molecule has 0 aliphatic rings. The van der Waals surface area contributed by atoms with Crippen LogP contribution in [0.2, 0.25) is 0 Å². The van der Waals surface area contributed by atoms with Gasteiger partial charge in [-0.3, -0.25) is 9.69 Å². The SMILES string of the molecule is CCOCCCN(C)CC(=O)O. The van der Waals surface area contributed by atoms with Gasteiger partial charge in [0.15, 0.2) is 0 Å². The topological polar surface area (TPSA) is 49.8 Å². The zero-order valence-corrected chi connectivity index (χ0v) is 7.75. The third-order valence-corrected chi connectivity index (χ3v) is 1.44. The monoisotopic (exact) mass is 175 g/mol. The van der Waals surface area contributed by atoms with Crippen LogP contribution >= 0.6 is 0 Å². The summed E-state index contributed by atoms with van der Waals surface area (Å²) in [6.07, 6.45) is 0.887. The Bertz CT molecular complexity index is 127. The fraction of sp³-hybridized carbons (Fsp3) is 0.875. The van der Waals surface area contributed by atoms with E-state index in [0.29, 0.717) is 6.61 Å². The van der Waals surface area contributed by atoms with Gasteiger partial charge in [-0.05, 0) is 20.4 Å². The van der Waals surface area contributed by atoms with E-state index in [4.69, 9.17) is 9.84 Å². The molecule has 0 aromatic carbocycles. The van der Waals surface area contributed by atoms with Gasteiger partial charge in [-0.1, -0.05) is 0 Å². The third kappa shape index (κ3) is 7.50. The summed E-state index contributed by atoms with van der Waals surface area (Å²) in [6, 6.07) is 0. The van der Waals surface area contributed by atoms with E-state index in [2.05, 4.69) is 0 Å². The number of hydrogen-bond donors (Lipinski definition) is 1. The van der Waals surface area contributed by atoms with Gasteiger partial charge >= 0.3 is 5.97 Å². The molecule has 0 radical (unpaired) electrons. The van der Waals surface area contributed by atoms with Gasteiger partial charge < -0.3 is 9.84 Å². The number of carboxylic acids is 1. The number of carboxylic acid groups (broad SMARTS) is 1. The molecule has 0 atom stereocenters. The van der Waals surface area contributed by atoms with Crippen LogP contribution in [0.4, 0.5) is 0 Å². The van der Waals surface area contributed by atoms with Gasteiger partial charge in [0.2, 0.25) is 0 Å². The predicted octanol–water partition coefficient (Wildman–Crippen LogP) is 0.429. The molecular formula is C8H17NO3. The van der Waals surface area contributed by atoms with Gasteiger partial charge in [0, 0.05) is 19.8 Å².